The number of hydrogen-bond donors (Lipinski definition) is 0. The molecule has 1 fully saturated rings. The van der Waals surface area contributed by atoms with Crippen LogP contribution in [-0.4, -0.2) is 58.0 Å². The highest BCUT2D eigenvalue weighted by molar-refractivity contribution is 7.89. The molecule has 0 spiro atoms. The van der Waals surface area contributed by atoms with E-state index >= 15 is 0 Å². The molecule has 2 aromatic rings. The summed E-state index contributed by atoms with van der Waals surface area (Å²) in [5, 5.41) is 0.734. The Bertz CT molecular complexity index is 896. The van der Waals surface area contributed by atoms with Crippen LogP contribution >= 0.6 is 11.6 Å². The van der Waals surface area contributed by atoms with E-state index < -0.39 is 10.0 Å². The average Bonchev–Trinajstić information content (AvgIpc) is 2.69. The Hall–Kier alpha value is -1.80. The Balaban J connectivity index is 1.69. The number of rotatable bonds is 6. The van der Waals surface area contributed by atoms with Crippen LogP contribution < -0.4 is 9.47 Å². The first-order valence-corrected chi connectivity index (χ1v) is 10.5. The second-order valence-electron chi connectivity index (χ2n) is 6.29. The summed E-state index contributed by atoms with van der Waals surface area (Å²) in [6, 6.07) is 12.4. The van der Waals surface area contributed by atoms with E-state index in [4.69, 9.17) is 21.1 Å². The molecular formula is C19H23ClN2O4S. The highest BCUT2D eigenvalue weighted by Gasteiger charge is 2.29. The molecule has 27 heavy (non-hydrogen) atoms. The molecule has 1 aliphatic rings. The molecular weight excluding hydrogens is 388 g/mol. The average molecular weight is 411 g/mol. The number of piperazine rings is 1. The lowest BCUT2D eigenvalue weighted by Crippen LogP contribution is -2.48. The van der Waals surface area contributed by atoms with Crippen LogP contribution in [0.4, 0.5) is 0 Å². The van der Waals surface area contributed by atoms with Crippen molar-refractivity contribution >= 4 is 21.6 Å². The molecule has 146 valence electrons. The summed E-state index contributed by atoms with van der Waals surface area (Å²) in [4.78, 5) is 2.42. The number of ether oxygens (including phenoxy) is 2. The molecule has 0 radical (unpaired) electrons. The molecule has 0 unspecified atom stereocenters. The van der Waals surface area contributed by atoms with Crippen molar-refractivity contribution in [2.45, 2.75) is 11.4 Å². The van der Waals surface area contributed by atoms with Gasteiger partial charge in [0.05, 0.1) is 19.1 Å². The summed E-state index contributed by atoms with van der Waals surface area (Å²) in [5.41, 5.74) is 1.05. The van der Waals surface area contributed by atoms with Crippen LogP contribution in [0, 0.1) is 0 Å². The van der Waals surface area contributed by atoms with Gasteiger partial charge >= 0.3 is 0 Å². The molecule has 0 amide bonds. The quantitative estimate of drug-likeness (QED) is 0.732. The van der Waals surface area contributed by atoms with Gasteiger partial charge in [0.1, 0.15) is 0 Å². The highest BCUT2D eigenvalue weighted by Crippen LogP contribution is 2.31. The number of hydrogen-bond acceptors (Lipinski definition) is 5. The number of nitrogens with zero attached hydrogens (tertiary/aromatic N) is 2. The SMILES string of the molecule is COc1ccc(S(=O)(=O)N2CCN(Cc3ccccc3Cl)CC2)cc1OC. The van der Waals surface area contributed by atoms with Crippen LogP contribution in [0.5, 0.6) is 11.5 Å². The number of halogens is 1. The monoisotopic (exact) mass is 410 g/mol. The Labute approximate surface area is 165 Å². The van der Waals surface area contributed by atoms with Gasteiger partial charge in [-0.25, -0.2) is 8.42 Å². The summed E-state index contributed by atoms with van der Waals surface area (Å²) < 4.78 is 37.8. The minimum Gasteiger partial charge on any atom is -0.493 e. The van der Waals surface area contributed by atoms with E-state index in [9.17, 15) is 8.42 Å². The minimum atomic E-state index is -3.58. The molecule has 1 aliphatic heterocycles. The van der Waals surface area contributed by atoms with E-state index in [1.807, 2.05) is 24.3 Å². The van der Waals surface area contributed by atoms with Gasteiger partial charge in [0, 0.05) is 43.8 Å². The predicted molar refractivity (Wildman–Crippen MR) is 105 cm³/mol. The maximum Gasteiger partial charge on any atom is 0.243 e. The van der Waals surface area contributed by atoms with Crippen molar-refractivity contribution in [2.75, 3.05) is 40.4 Å². The molecule has 0 atom stereocenters. The van der Waals surface area contributed by atoms with Gasteiger partial charge < -0.3 is 9.47 Å². The molecule has 6 nitrogen and oxygen atoms in total. The molecule has 3 rings (SSSR count). The van der Waals surface area contributed by atoms with Crippen LogP contribution in [0.1, 0.15) is 5.56 Å². The van der Waals surface area contributed by atoms with Crippen LogP contribution in [0.3, 0.4) is 0 Å². The zero-order valence-electron chi connectivity index (χ0n) is 15.4. The van der Waals surface area contributed by atoms with Crippen molar-refractivity contribution in [3.8, 4) is 11.5 Å². The van der Waals surface area contributed by atoms with Gasteiger partial charge in [-0.15, -0.1) is 0 Å². The first-order chi connectivity index (χ1) is 13.0. The van der Waals surface area contributed by atoms with Gasteiger partial charge in [0.25, 0.3) is 0 Å². The Morgan fingerprint density at radius 1 is 0.963 bits per heavy atom. The van der Waals surface area contributed by atoms with Crippen LogP contribution in [0.2, 0.25) is 5.02 Å². The zero-order valence-corrected chi connectivity index (χ0v) is 17.0. The smallest absolute Gasteiger partial charge is 0.243 e. The summed E-state index contributed by atoms with van der Waals surface area (Å²) in [5.74, 6) is 0.900. The fraction of sp³-hybridized carbons (Fsp3) is 0.368. The largest absolute Gasteiger partial charge is 0.493 e. The van der Waals surface area contributed by atoms with Gasteiger partial charge in [-0.2, -0.15) is 4.31 Å². The number of sulfonamides is 1. The summed E-state index contributed by atoms with van der Waals surface area (Å²) in [7, 11) is -0.573. The van der Waals surface area contributed by atoms with E-state index in [-0.39, 0.29) is 4.90 Å². The van der Waals surface area contributed by atoms with Gasteiger partial charge in [-0.05, 0) is 23.8 Å². The third-order valence-electron chi connectivity index (χ3n) is 4.68. The molecule has 0 bridgehead atoms. The molecule has 0 N–H and O–H groups in total. The van der Waals surface area contributed by atoms with E-state index in [1.54, 1.807) is 12.1 Å². The summed E-state index contributed by atoms with van der Waals surface area (Å²) in [6.45, 7) is 2.88. The predicted octanol–water partition coefficient (Wildman–Crippen LogP) is 2.86. The van der Waals surface area contributed by atoms with Crippen molar-refractivity contribution in [3.63, 3.8) is 0 Å². The number of methoxy groups -OCH3 is 2. The van der Waals surface area contributed by atoms with E-state index in [2.05, 4.69) is 4.90 Å². The molecule has 2 aromatic carbocycles. The molecule has 8 heteroatoms. The fourth-order valence-electron chi connectivity index (χ4n) is 3.12. The lowest BCUT2D eigenvalue weighted by Gasteiger charge is -2.34. The second-order valence-corrected chi connectivity index (χ2v) is 8.63. The van der Waals surface area contributed by atoms with Gasteiger partial charge in [-0.1, -0.05) is 29.8 Å². The van der Waals surface area contributed by atoms with Crippen molar-refractivity contribution in [2.24, 2.45) is 0 Å². The fourth-order valence-corrected chi connectivity index (χ4v) is 4.76. The first kappa shape index (κ1) is 19.9. The maximum absolute atomic E-state index is 13.0. The minimum absolute atomic E-state index is 0.208. The molecule has 0 aromatic heterocycles. The van der Waals surface area contributed by atoms with Crippen molar-refractivity contribution in [1.82, 2.24) is 9.21 Å². The summed E-state index contributed by atoms with van der Waals surface area (Å²) in [6.07, 6.45) is 0. The van der Waals surface area contributed by atoms with Crippen molar-refractivity contribution in [1.29, 1.82) is 0 Å². The molecule has 0 saturated carbocycles. The zero-order chi connectivity index (χ0) is 19.4. The van der Waals surface area contributed by atoms with E-state index in [1.165, 1.54) is 24.6 Å². The lowest BCUT2D eigenvalue weighted by atomic mass is 10.2. The third-order valence-corrected chi connectivity index (χ3v) is 6.94. The maximum atomic E-state index is 13.0. The van der Waals surface area contributed by atoms with Crippen LogP contribution in [-0.2, 0) is 16.6 Å². The Morgan fingerprint density at radius 3 is 2.26 bits per heavy atom. The van der Waals surface area contributed by atoms with Crippen LogP contribution in [0.25, 0.3) is 0 Å². The van der Waals surface area contributed by atoms with E-state index in [0.717, 1.165) is 10.6 Å². The Kier molecular flexibility index (Phi) is 6.26. The van der Waals surface area contributed by atoms with Crippen molar-refractivity contribution < 1.29 is 17.9 Å². The normalized spacial score (nSPS) is 16.3. The van der Waals surface area contributed by atoms with Crippen LogP contribution in [0.15, 0.2) is 47.4 Å². The van der Waals surface area contributed by atoms with Gasteiger partial charge in [0.15, 0.2) is 11.5 Å². The number of benzene rings is 2. The van der Waals surface area contributed by atoms with E-state index in [0.29, 0.717) is 44.2 Å². The third kappa shape index (κ3) is 4.38. The topological polar surface area (TPSA) is 59.1 Å². The molecule has 1 saturated heterocycles. The molecule has 0 aliphatic carbocycles. The lowest BCUT2D eigenvalue weighted by molar-refractivity contribution is 0.181. The van der Waals surface area contributed by atoms with Crippen molar-refractivity contribution in [3.05, 3.63) is 53.1 Å². The highest BCUT2D eigenvalue weighted by atomic mass is 35.5. The first-order valence-electron chi connectivity index (χ1n) is 8.63. The standard InChI is InChI=1S/C19H23ClN2O4S/c1-25-18-8-7-16(13-19(18)26-2)27(23,24)22-11-9-21(10-12-22)14-15-5-3-4-6-17(15)20/h3-8,13H,9-12,14H2,1-2H3. The van der Waals surface area contributed by atoms with Gasteiger partial charge in [0.2, 0.25) is 10.0 Å². The second kappa shape index (κ2) is 8.48. The van der Waals surface area contributed by atoms with Gasteiger partial charge in [-0.3, -0.25) is 4.90 Å². The summed E-state index contributed by atoms with van der Waals surface area (Å²) >= 11 is 6.22. The molecule has 1 heterocycles. The Morgan fingerprint density at radius 2 is 1.63 bits per heavy atom.